The first-order chi connectivity index (χ1) is 13.8. The molecule has 2 aliphatic carbocycles. The van der Waals surface area contributed by atoms with Crippen LogP contribution in [0.4, 0.5) is 14.7 Å². The number of benzene rings is 1. The van der Waals surface area contributed by atoms with Crippen molar-refractivity contribution in [2.45, 2.75) is 44.9 Å². The van der Waals surface area contributed by atoms with E-state index in [0.29, 0.717) is 0 Å². The number of anilines is 1. The van der Waals surface area contributed by atoms with Crippen LogP contribution in [0.5, 0.6) is 0 Å². The lowest BCUT2D eigenvalue weighted by molar-refractivity contribution is 0.242. The molecule has 5 rings (SSSR count). The lowest BCUT2D eigenvalue weighted by Gasteiger charge is -2.37. The molecule has 2 aliphatic rings. The van der Waals surface area contributed by atoms with E-state index >= 15 is 0 Å². The molecule has 0 radical (unpaired) electrons. The number of halogens is 2. The summed E-state index contributed by atoms with van der Waals surface area (Å²) in [5, 5.41) is 8.76. The first kappa shape index (κ1) is 18.1. The molecule has 7 heteroatoms. The quantitative estimate of drug-likeness (QED) is 0.702. The van der Waals surface area contributed by atoms with Crippen LogP contribution in [0.1, 0.15) is 55.3 Å². The largest absolute Gasteiger partial charge is 0.368 e. The smallest absolute Gasteiger partial charge is 0.220 e. The normalized spacial score (nSPS) is 24.0. The van der Waals surface area contributed by atoms with Gasteiger partial charge in [-0.15, -0.1) is 5.10 Å². The standard InChI is InChI=1S/C22H21F2N5/c1-11-9-17(27-20(25)26-11)22-8-7-13(21(22,2)3)12-10-16(28-29-19(12)22)18-14(23)5-4-6-15(18)24/h4-6,9-10,13H,7-8H2,1-3H3,(H2,25,26,27)/t13-,22+/m0/s1. The van der Waals surface area contributed by atoms with Gasteiger partial charge in [0.15, 0.2) is 0 Å². The summed E-state index contributed by atoms with van der Waals surface area (Å²) in [6, 6.07) is 7.57. The van der Waals surface area contributed by atoms with Crippen molar-refractivity contribution >= 4 is 5.95 Å². The number of nitrogen functional groups attached to an aromatic ring is 1. The lowest BCUT2D eigenvalue weighted by Crippen LogP contribution is -2.38. The maximum absolute atomic E-state index is 14.3. The minimum absolute atomic E-state index is 0.139. The zero-order valence-corrected chi connectivity index (χ0v) is 16.5. The number of aryl methyl sites for hydroxylation is 1. The summed E-state index contributed by atoms with van der Waals surface area (Å²) in [5.41, 5.74) is 8.85. The van der Waals surface area contributed by atoms with Crippen LogP contribution in [0.2, 0.25) is 0 Å². The lowest BCUT2D eigenvalue weighted by atomic mass is 9.66. The number of fused-ring (bicyclic) bond motifs is 5. The van der Waals surface area contributed by atoms with Crippen molar-refractivity contribution in [3.63, 3.8) is 0 Å². The zero-order valence-electron chi connectivity index (χ0n) is 16.5. The molecule has 1 fully saturated rings. The van der Waals surface area contributed by atoms with Gasteiger partial charge < -0.3 is 5.73 Å². The third-order valence-electron chi connectivity index (χ3n) is 6.91. The van der Waals surface area contributed by atoms with E-state index in [1.165, 1.54) is 18.2 Å². The summed E-state index contributed by atoms with van der Waals surface area (Å²) >= 11 is 0. The van der Waals surface area contributed by atoms with Gasteiger partial charge in [0.05, 0.1) is 28.1 Å². The molecule has 29 heavy (non-hydrogen) atoms. The number of hydrogen-bond donors (Lipinski definition) is 1. The van der Waals surface area contributed by atoms with Crippen LogP contribution >= 0.6 is 0 Å². The van der Waals surface area contributed by atoms with Crippen molar-refractivity contribution < 1.29 is 8.78 Å². The highest BCUT2D eigenvalue weighted by Crippen LogP contribution is 2.69. The molecule has 0 unspecified atom stereocenters. The van der Waals surface area contributed by atoms with Crippen LogP contribution in [0, 0.1) is 24.0 Å². The number of rotatable bonds is 2. The maximum atomic E-state index is 14.3. The van der Waals surface area contributed by atoms with Crippen molar-refractivity contribution in [2.24, 2.45) is 5.41 Å². The number of nitrogens with two attached hydrogens (primary N) is 1. The van der Waals surface area contributed by atoms with E-state index in [9.17, 15) is 8.78 Å². The Morgan fingerprint density at radius 1 is 1.07 bits per heavy atom. The van der Waals surface area contributed by atoms with E-state index in [1.807, 2.05) is 13.0 Å². The van der Waals surface area contributed by atoms with Crippen molar-refractivity contribution in [1.29, 1.82) is 0 Å². The van der Waals surface area contributed by atoms with Gasteiger partial charge >= 0.3 is 0 Å². The van der Waals surface area contributed by atoms with E-state index < -0.39 is 17.0 Å². The minimum Gasteiger partial charge on any atom is -0.368 e. The van der Waals surface area contributed by atoms with E-state index in [2.05, 4.69) is 34.0 Å². The summed E-state index contributed by atoms with van der Waals surface area (Å²) < 4.78 is 28.6. The fourth-order valence-electron chi connectivity index (χ4n) is 5.57. The Labute approximate surface area is 167 Å². The molecule has 3 aromatic rings. The number of aromatic nitrogens is 4. The molecule has 5 nitrogen and oxygen atoms in total. The first-order valence-corrected chi connectivity index (χ1v) is 9.70. The van der Waals surface area contributed by atoms with Gasteiger partial charge in [-0.2, -0.15) is 5.10 Å². The topological polar surface area (TPSA) is 77.6 Å². The van der Waals surface area contributed by atoms with Crippen molar-refractivity contribution in [1.82, 2.24) is 20.2 Å². The van der Waals surface area contributed by atoms with E-state index in [-0.39, 0.29) is 28.5 Å². The van der Waals surface area contributed by atoms with Crippen LogP contribution in [0.3, 0.4) is 0 Å². The Morgan fingerprint density at radius 3 is 2.48 bits per heavy atom. The molecule has 2 atom stereocenters. The fourth-order valence-corrected chi connectivity index (χ4v) is 5.57. The highest BCUT2D eigenvalue weighted by molar-refractivity contribution is 5.64. The maximum Gasteiger partial charge on any atom is 0.220 e. The highest BCUT2D eigenvalue weighted by atomic mass is 19.1. The Morgan fingerprint density at radius 2 is 1.79 bits per heavy atom. The molecular formula is C22H21F2N5. The Bertz CT molecular complexity index is 1120. The van der Waals surface area contributed by atoms with Crippen LogP contribution in [0.15, 0.2) is 30.3 Å². The van der Waals surface area contributed by atoms with Crippen molar-refractivity contribution in [2.75, 3.05) is 5.73 Å². The van der Waals surface area contributed by atoms with Crippen LogP contribution < -0.4 is 5.73 Å². The van der Waals surface area contributed by atoms with E-state index in [4.69, 9.17) is 5.73 Å². The number of nitrogens with zero attached hydrogens (tertiary/aromatic N) is 4. The zero-order chi connectivity index (χ0) is 20.6. The predicted octanol–water partition coefficient (Wildman–Crippen LogP) is 4.31. The summed E-state index contributed by atoms with van der Waals surface area (Å²) in [7, 11) is 0. The summed E-state index contributed by atoms with van der Waals surface area (Å²) in [4.78, 5) is 8.78. The summed E-state index contributed by atoms with van der Waals surface area (Å²) in [5.74, 6) is -0.857. The fraction of sp³-hybridized carbons (Fsp3) is 0.364. The molecule has 2 aromatic heterocycles. The molecule has 2 bridgehead atoms. The molecule has 1 saturated carbocycles. The second-order valence-corrected chi connectivity index (χ2v) is 8.60. The summed E-state index contributed by atoms with van der Waals surface area (Å²) in [6.45, 7) is 6.29. The monoisotopic (exact) mass is 393 g/mol. The van der Waals surface area contributed by atoms with Gasteiger partial charge in [0.25, 0.3) is 0 Å². The Balaban J connectivity index is 1.74. The van der Waals surface area contributed by atoms with Gasteiger partial charge in [-0.3, -0.25) is 0 Å². The van der Waals surface area contributed by atoms with Gasteiger partial charge in [0.2, 0.25) is 5.95 Å². The first-order valence-electron chi connectivity index (χ1n) is 9.70. The van der Waals surface area contributed by atoms with Gasteiger partial charge in [0.1, 0.15) is 11.6 Å². The van der Waals surface area contributed by atoms with Crippen LogP contribution in [-0.2, 0) is 5.41 Å². The van der Waals surface area contributed by atoms with Gasteiger partial charge in [-0.05, 0) is 60.9 Å². The molecule has 2 heterocycles. The molecular weight excluding hydrogens is 372 g/mol. The highest BCUT2D eigenvalue weighted by Gasteiger charge is 2.65. The van der Waals surface area contributed by atoms with Crippen LogP contribution in [0.25, 0.3) is 11.3 Å². The second kappa shape index (κ2) is 5.78. The van der Waals surface area contributed by atoms with E-state index in [0.717, 1.165) is 35.5 Å². The third-order valence-corrected chi connectivity index (χ3v) is 6.91. The number of hydrogen-bond acceptors (Lipinski definition) is 5. The molecule has 148 valence electrons. The van der Waals surface area contributed by atoms with Gasteiger partial charge in [-0.25, -0.2) is 18.7 Å². The third kappa shape index (κ3) is 2.24. The van der Waals surface area contributed by atoms with Crippen molar-refractivity contribution in [3.05, 3.63) is 64.6 Å². The SMILES string of the molecule is Cc1cc([C@]23CC[C@@H](c4cc(-c5c(F)cccc5F)nnc42)C3(C)C)nc(N)n1. The summed E-state index contributed by atoms with van der Waals surface area (Å²) in [6.07, 6.45) is 1.81. The molecule has 0 amide bonds. The predicted molar refractivity (Wildman–Crippen MR) is 105 cm³/mol. The Hall–Kier alpha value is -2.96. The molecule has 0 saturated heterocycles. The van der Waals surface area contributed by atoms with Gasteiger partial charge in [-0.1, -0.05) is 19.9 Å². The second-order valence-electron chi connectivity index (χ2n) is 8.60. The van der Waals surface area contributed by atoms with E-state index in [1.54, 1.807) is 6.07 Å². The average Bonchev–Trinajstić information content (AvgIpc) is 3.02. The molecule has 0 aliphatic heterocycles. The Kier molecular flexibility index (Phi) is 3.61. The van der Waals surface area contributed by atoms with Crippen molar-refractivity contribution in [3.8, 4) is 11.3 Å². The minimum atomic E-state index is -0.643. The van der Waals surface area contributed by atoms with Gasteiger partial charge in [0, 0.05) is 5.69 Å². The van der Waals surface area contributed by atoms with Crippen LogP contribution in [-0.4, -0.2) is 20.2 Å². The average molecular weight is 393 g/mol. The molecule has 0 spiro atoms. The molecule has 2 N–H and O–H groups in total. The molecule has 1 aromatic carbocycles.